The summed E-state index contributed by atoms with van der Waals surface area (Å²) in [5.41, 5.74) is 12.9. The Bertz CT molecular complexity index is 1090. The highest BCUT2D eigenvalue weighted by Gasteiger charge is 2.39. The summed E-state index contributed by atoms with van der Waals surface area (Å²) in [4.78, 5) is 7.21. The lowest BCUT2D eigenvalue weighted by atomic mass is 9.79. The molecule has 3 heterocycles. The fourth-order valence-electron chi connectivity index (χ4n) is 5.15. The van der Waals surface area contributed by atoms with Crippen molar-refractivity contribution in [1.29, 1.82) is 0 Å². The van der Waals surface area contributed by atoms with Crippen molar-refractivity contribution in [2.45, 2.75) is 44.4 Å². The monoisotopic (exact) mass is 429 g/mol. The van der Waals surface area contributed by atoms with E-state index in [1.807, 2.05) is 30.5 Å². The quantitative estimate of drug-likeness (QED) is 0.652. The summed E-state index contributed by atoms with van der Waals surface area (Å²) in [6.07, 6.45) is 3.82. The van der Waals surface area contributed by atoms with E-state index in [1.54, 1.807) is 7.11 Å². The van der Waals surface area contributed by atoms with Crippen molar-refractivity contribution in [2.75, 3.05) is 20.2 Å². The van der Waals surface area contributed by atoms with Crippen LogP contribution in [0.25, 0.3) is 0 Å². The van der Waals surface area contributed by atoms with E-state index >= 15 is 0 Å². The molecule has 2 aromatic carbocycles. The zero-order chi connectivity index (χ0) is 22.1. The van der Waals surface area contributed by atoms with E-state index < -0.39 is 0 Å². The van der Waals surface area contributed by atoms with E-state index in [9.17, 15) is 0 Å². The Morgan fingerprint density at radius 3 is 2.72 bits per heavy atom. The highest BCUT2D eigenvalue weighted by molar-refractivity contribution is 5.50. The van der Waals surface area contributed by atoms with Crippen molar-refractivity contribution in [3.8, 4) is 11.5 Å². The van der Waals surface area contributed by atoms with Gasteiger partial charge in [0.2, 0.25) is 0 Å². The van der Waals surface area contributed by atoms with E-state index in [0.717, 1.165) is 48.7 Å². The number of benzene rings is 2. The Kier molecular flexibility index (Phi) is 5.85. The highest BCUT2D eigenvalue weighted by Crippen LogP contribution is 2.44. The number of nitrogens with zero attached hydrogens (tertiary/aromatic N) is 2. The summed E-state index contributed by atoms with van der Waals surface area (Å²) in [6, 6.07) is 19.2. The van der Waals surface area contributed by atoms with Crippen molar-refractivity contribution in [3.63, 3.8) is 0 Å². The van der Waals surface area contributed by atoms with Crippen molar-refractivity contribution in [3.05, 3.63) is 88.7 Å². The molecule has 2 aliphatic heterocycles. The number of aryl methyl sites for hydroxylation is 1. The first kappa shape index (κ1) is 21.0. The number of pyridine rings is 1. The van der Waals surface area contributed by atoms with Crippen molar-refractivity contribution in [1.82, 2.24) is 9.88 Å². The predicted octanol–water partition coefficient (Wildman–Crippen LogP) is 4.39. The molecule has 2 aliphatic rings. The zero-order valence-electron chi connectivity index (χ0n) is 18.8. The predicted molar refractivity (Wildman–Crippen MR) is 126 cm³/mol. The third kappa shape index (κ3) is 4.10. The summed E-state index contributed by atoms with van der Waals surface area (Å²) < 4.78 is 11.9. The number of ether oxygens (including phenoxy) is 2. The van der Waals surface area contributed by atoms with Crippen molar-refractivity contribution in [2.24, 2.45) is 5.73 Å². The second-order valence-electron chi connectivity index (χ2n) is 9.00. The second kappa shape index (κ2) is 8.93. The van der Waals surface area contributed by atoms with Crippen LogP contribution in [0.2, 0.25) is 0 Å². The minimum absolute atomic E-state index is 0.0801. The molecule has 5 heteroatoms. The van der Waals surface area contributed by atoms with Crippen LogP contribution in [0.15, 0.2) is 60.8 Å². The van der Waals surface area contributed by atoms with E-state index in [4.69, 9.17) is 15.2 Å². The molecule has 0 unspecified atom stereocenters. The largest absolute Gasteiger partial charge is 0.493 e. The minimum atomic E-state index is 0.0801. The molecule has 166 valence electrons. The number of methoxy groups -OCH3 is 1. The summed E-state index contributed by atoms with van der Waals surface area (Å²) in [5, 5.41) is 0. The van der Waals surface area contributed by atoms with Crippen LogP contribution < -0.4 is 15.2 Å². The van der Waals surface area contributed by atoms with Gasteiger partial charge in [-0.05, 0) is 66.3 Å². The molecule has 1 aromatic heterocycles. The van der Waals surface area contributed by atoms with E-state index in [-0.39, 0.29) is 12.0 Å². The fourth-order valence-corrected chi connectivity index (χ4v) is 5.15. The van der Waals surface area contributed by atoms with Gasteiger partial charge in [-0.15, -0.1) is 0 Å². The Morgan fingerprint density at radius 2 is 1.94 bits per heavy atom. The fraction of sp³-hybridized carbons (Fsp3) is 0.370. The zero-order valence-corrected chi connectivity index (χ0v) is 18.8. The second-order valence-corrected chi connectivity index (χ2v) is 9.00. The number of fused-ring (bicyclic) bond motifs is 3. The molecule has 3 atom stereocenters. The molecule has 32 heavy (non-hydrogen) atoms. The number of rotatable bonds is 5. The van der Waals surface area contributed by atoms with Crippen molar-refractivity contribution < 1.29 is 9.47 Å². The van der Waals surface area contributed by atoms with Crippen LogP contribution in [0.5, 0.6) is 11.5 Å². The molecule has 2 N–H and O–H groups in total. The number of piperidine rings is 1. The van der Waals surface area contributed by atoms with Gasteiger partial charge in [-0.1, -0.05) is 30.3 Å². The van der Waals surface area contributed by atoms with Gasteiger partial charge in [0, 0.05) is 43.0 Å². The van der Waals surface area contributed by atoms with Crippen LogP contribution >= 0.6 is 0 Å². The maximum atomic E-state index is 6.72. The van der Waals surface area contributed by atoms with Gasteiger partial charge in [-0.2, -0.15) is 0 Å². The number of aromatic nitrogens is 1. The highest BCUT2D eigenvalue weighted by atomic mass is 16.5. The lowest BCUT2D eigenvalue weighted by molar-refractivity contribution is 0.108. The maximum absolute atomic E-state index is 6.72. The molecular weight excluding hydrogens is 398 g/mol. The van der Waals surface area contributed by atoms with Gasteiger partial charge in [0.25, 0.3) is 0 Å². The number of nitrogens with two attached hydrogens (primary N) is 1. The molecule has 0 aliphatic carbocycles. The van der Waals surface area contributed by atoms with Crippen LogP contribution in [0, 0.1) is 6.92 Å². The molecule has 3 aromatic rings. The van der Waals surface area contributed by atoms with Gasteiger partial charge in [0.05, 0.1) is 7.11 Å². The minimum Gasteiger partial charge on any atom is -0.493 e. The summed E-state index contributed by atoms with van der Waals surface area (Å²) >= 11 is 0. The molecule has 0 amide bonds. The van der Waals surface area contributed by atoms with Gasteiger partial charge in [-0.25, -0.2) is 0 Å². The van der Waals surface area contributed by atoms with Crippen molar-refractivity contribution >= 4 is 0 Å². The SMILES string of the molecule is COc1cc2c(cc1OCc1ccccc1)CCN1C[C@@H](c3cc(C)ccn3)[C@@H](N)C[C@H]21. The number of hydrogen-bond acceptors (Lipinski definition) is 5. The maximum Gasteiger partial charge on any atom is 0.161 e. The van der Waals surface area contributed by atoms with Crippen LogP contribution in [-0.2, 0) is 13.0 Å². The summed E-state index contributed by atoms with van der Waals surface area (Å²) in [5.74, 6) is 1.87. The Labute approximate surface area is 190 Å². The molecule has 0 saturated carbocycles. The van der Waals surface area contributed by atoms with E-state index in [1.165, 1.54) is 16.7 Å². The summed E-state index contributed by atoms with van der Waals surface area (Å²) in [7, 11) is 1.71. The van der Waals surface area contributed by atoms with Gasteiger partial charge >= 0.3 is 0 Å². The molecular formula is C27H31N3O2. The first-order chi connectivity index (χ1) is 15.6. The van der Waals surface area contributed by atoms with Gasteiger partial charge < -0.3 is 15.2 Å². The average Bonchev–Trinajstić information content (AvgIpc) is 2.82. The Morgan fingerprint density at radius 1 is 1.09 bits per heavy atom. The first-order valence-electron chi connectivity index (χ1n) is 11.4. The Hall–Kier alpha value is -2.89. The summed E-state index contributed by atoms with van der Waals surface area (Å²) in [6.45, 7) is 4.61. The van der Waals surface area contributed by atoms with Gasteiger partial charge in [0.15, 0.2) is 11.5 Å². The molecule has 0 radical (unpaired) electrons. The number of hydrogen-bond donors (Lipinski definition) is 1. The van der Waals surface area contributed by atoms with Crippen LogP contribution in [0.3, 0.4) is 0 Å². The molecule has 5 rings (SSSR count). The third-order valence-electron chi connectivity index (χ3n) is 6.89. The van der Waals surface area contributed by atoms with E-state index in [0.29, 0.717) is 12.6 Å². The molecule has 0 spiro atoms. The van der Waals surface area contributed by atoms with Gasteiger partial charge in [0.1, 0.15) is 6.61 Å². The standard InChI is InChI=1S/C27H31N3O2/c1-18-8-10-29-24(12-18)22-16-30-11-9-20-13-27(32-17-19-6-4-3-5-7-19)26(31-2)14-21(20)25(30)15-23(22)28/h3-8,10,12-14,22-23,25H,9,11,15-17,28H2,1-2H3/t22-,23+,25-/m1/s1. The van der Waals surface area contributed by atoms with Crippen LogP contribution in [0.4, 0.5) is 0 Å². The topological polar surface area (TPSA) is 60.6 Å². The average molecular weight is 430 g/mol. The third-order valence-corrected chi connectivity index (χ3v) is 6.89. The van der Waals surface area contributed by atoms with Crippen LogP contribution in [0.1, 0.15) is 46.3 Å². The molecule has 5 nitrogen and oxygen atoms in total. The normalized spacial score (nSPS) is 22.7. The molecule has 1 saturated heterocycles. The lowest BCUT2D eigenvalue weighted by Gasteiger charge is -2.46. The van der Waals surface area contributed by atoms with Crippen LogP contribution in [-0.4, -0.2) is 36.1 Å². The molecule has 1 fully saturated rings. The first-order valence-corrected chi connectivity index (χ1v) is 11.4. The lowest BCUT2D eigenvalue weighted by Crippen LogP contribution is -2.50. The molecule has 0 bridgehead atoms. The smallest absolute Gasteiger partial charge is 0.161 e. The Balaban J connectivity index is 1.38. The van der Waals surface area contributed by atoms with Gasteiger partial charge in [-0.3, -0.25) is 9.88 Å². The van der Waals surface area contributed by atoms with E-state index in [2.05, 4.69) is 47.1 Å².